The molecule has 5 heteroatoms. The molecule has 0 aromatic heterocycles. The van der Waals surface area contributed by atoms with Crippen LogP contribution >= 0.6 is 27.5 Å². The largest absolute Gasteiger partial charge is 0.508 e. The number of aldehydes is 1. The van der Waals surface area contributed by atoms with Crippen LogP contribution in [0.4, 0.5) is 5.69 Å². The molecule has 1 fully saturated rings. The molecule has 1 aromatic carbocycles. The highest BCUT2D eigenvalue weighted by atomic mass is 79.9. The van der Waals surface area contributed by atoms with Crippen LogP contribution in [0.25, 0.3) is 0 Å². The van der Waals surface area contributed by atoms with Crippen molar-refractivity contribution >= 4 is 39.5 Å². The minimum absolute atomic E-state index is 0.125. The number of aliphatic hydroxyl groups excluding tert-OH is 1. The first-order chi connectivity index (χ1) is 12.8. The summed E-state index contributed by atoms with van der Waals surface area (Å²) in [5, 5.41) is 10.0. The number of hydrogen-bond acceptors (Lipinski definition) is 3. The molecule has 1 N–H and O–H groups in total. The van der Waals surface area contributed by atoms with Crippen LogP contribution in [-0.4, -0.2) is 17.9 Å². The van der Waals surface area contributed by atoms with E-state index in [1.807, 2.05) is 32.0 Å². The molecule has 1 aliphatic carbocycles. The van der Waals surface area contributed by atoms with Gasteiger partial charge in [-0.15, -0.1) is 0 Å². The fourth-order valence-corrected chi connectivity index (χ4v) is 3.80. The van der Waals surface area contributed by atoms with Crippen molar-refractivity contribution in [1.82, 2.24) is 0 Å². The lowest BCUT2D eigenvalue weighted by Gasteiger charge is -2.31. The molecular weight excluding hydrogens is 426 g/mol. The van der Waals surface area contributed by atoms with Gasteiger partial charge in [-0.2, -0.15) is 0 Å². The van der Waals surface area contributed by atoms with Crippen LogP contribution in [0.2, 0.25) is 5.02 Å². The Balaban J connectivity index is 0.000000199. The predicted molar refractivity (Wildman–Crippen MR) is 117 cm³/mol. The van der Waals surface area contributed by atoms with Gasteiger partial charge in [0.15, 0.2) is 0 Å². The van der Waals surface area contributed by atoms with Gasteiger partial charge < -0.3 is 10.0 Å². The topological polar surface area (TPSA) is 40.5 Å². The minimum Gasteiger partial charge on any atom is -0.508 e. The summed E-state index contributed by atoms with van der Waals surface area (Å²) in [7, 11) is 0. The van der Waals surface area contributed by atoms with Gasteiger partial charge in [-0.25, -0.2) is 0 Å². The lowest BCUT2D eigenvalue weighted by Crippen LogP contribution is -2.27. The van der Waals surface area contributed by atoms with Gasteiger partial charge in [-0.1, -0.05) is 46.6 Å². The first-order valence-electron chi connectivity index (χ1n) is 8.98. The second-order valence-electron chi connectivity index (χ2n) is 6.74. The highest BCUT2D eigenvalue weighted by Crippen LogP contribution is 2.33. The van der Waals surface area contributed by atoms with E-state index in [0.29, 0.717) is 5.57 Å². The average molecular weight is 451 g/mol. The van der Waals surface area contributed by atoms with Crippen molar-refractivity contribution in [3.63, 3.8) is 0 Å². The van der Waals surface area contributed by atoms with Gasteiger partial charge in [0, 0.05) is 22.3 Å². The summed E-state index contributed by atoms with van der Waals surface area (Å²) >= 11 is 9.63. The molecule has 2 aliphatic rings. The zero-order valence-electron chi connectivity index (χ0n) is 15.7. The Bertz CT molecular complexity index is 811. The van der Waals surface area contributed by atoms with E-state index in [1.54, 1.807) is 12.2 Å². The van der Waals surface area contributed by atoms with Crippen LogP contribution in [0.5, 0.6) is 0 Å². The van der Waals surface area contributed by atoms with Gasteiger partial charge in [0.2, 0.25) is 0 Å². The first kappa shape index (κ1) is 21.5. The third-order valence-corrected chi connectivity index (χ3v) is 5.60. The smallest absolute Gasteiger partial charge is 0.150 e. The Labute approximate surface area is 174 Å². The summed E-state index contributed by atoms with van der Waals surface area (Å²) in [5.41, 5.74) is 3.89. The van der Waals surface area contributed by atoms with Crippen LogP contribution in [0, 0.1) is 5.92 Å². The van der Waals surface area contributed by atoms with Crippen molar-refractivity contribution in [3.05, 3.63) is 75.1 Å². The zero-order valence-corrected chi connectivity index (χ0v) is 18.1. The SMILES string of the molecule is C=C1CCCCN1c1ccc(Br)cc1Cl.CC1=C(C=O)C=CC(O)=CC1C. The van der Waals surface area contributed by atoms with E-state index in [2.05, 4.69) is 27.4 Å². The fraction of sp³-hybridized carbons (Fsp3) is 0.318. The quantitative estimate of drug-likeness (QED) is 0.506. The number of allylic oxidation sites excluding steroid dienone is 6. The Kier molecular flexibility index (Phi) is 7.93. The molecule has 1 atom stereocenters. The average Bonchev–Trinajstić information content (AvgIpc) is 2.75. The van der Waals surface area contributed by atoms with E-state index >= 15 is 0 Å². The third kappa shape index (κ3) is 5.85. The Morgan fingerprint density at radius 1 is 1.33 bits per heavy atom. The minimum atomic E-state index is 0.125. The van der Waals surface area contributed by atoms with Gasteiger partial charge in [0.05, 0.1) is 10.7 Å². The lowest BCUT2D eigenvalue weighted by atomic mass is 9.99. The Hall–Kier alpha value is -1.78. The lowest BCUT2D eigenvalue weighted by molar-refractivity contribution is -0.104. The van der Waals surface area contributed by atoms with E-state index in [-0.39, 0.29) is 11.7 Å². The number of halogens is 2. The summed E-state index contributed by atoms with van der Waals surface area (Å²) in [6, 6.07) is 5.99. The van der Waals surface area contributed by atoms with Gasteiger partial charge in [-0.3, -0.25) is 4.79 Å². The van der Waals surface area contributed by atoms with Crippen LogP contribution in [-0.2, 0) is 4.79 Å². The van der Waals surface area contributed by atoms with Crippen molar-refractivity contribution in [3.8, 4) is 0 Å². The molecule has 0 saturated carbocycles. The number of rotatable bonds is 2. The molecule has 1 heterocycles. The van der Waals surface area contributed by atoms with E-state index in [0.717, 1.165) is 40.0 Å². The van der Waals surface area contributed by atoms with E-state index in [1.165, 1.54) is 24.6 Å². The van der Waals surface area contributed by atoms with Crippen molar-refractivity contribution in [2.75, 3.05) is 11.4 Å². The van der Waals surface area contributed by atoms with Gasteiger partial charge in [0.1, 0.15) is 12.0 Å². The van der Waals surface area contributed by atoms with Gasteiger partial charge in [-0.05, 0) is 68.5 Å². The second-order valence-corrected chi connectivity index (χ2v) is 8.06. The summed E-state index contributed by atoms with van der Waals surface area (Å²) in [6.07, 6.45) is 9.24. The molecule has 3 nitrogen and oxygen atoms in total. The van der Waals surface area contributed by atoms with Crippen molar-refractivity contribution in [1.29, 1.82) is 0 Å². The van der Waals surface area contributed by atoms with Crippen LogP contribution in [0.15, 0.2) is 70.1 Å². The van der Waals surface area contributed by atoms with Crippen LogP contribution < -0.4 is 4.90 Å². The maximum absolute atomic E-state index is 10.6. The van der Waals surface area contributed by atoms with Crippen LogP contribution in [0.1, 0.15) is 33.1 Å². The highest BCUT2D eigenvalue weighted by molar-refractivity contribution is 9.10. The predicted octanol–water partition coefficient (Wildman–Crippen LogP) is 6.76. The number of benzene rings is 1. The third-order valence-electron chi connectivity index (χ3n) is 4.80. The molecule has 0 radical (unpaired) electrons. The molecule has 144 valence electrons. The molecule has 1 aliphatic heterocycles. The summed E-state index contributed by atoms with van der Waals surface area (Å²) in [4.78, 5) is 12.8. The molecule has 3 rings (SSSR count). The highest BCUT2D eigenvalue weighted by Gasteiger charge is 2.17. The van der Waals surface area contributed by atoms with E-state index in [4.69, 9.17) is 11.6 Å². The standard InChI is InChI=1S/C12H13BrClN.C10H12O2/c1-9-4-2-3-7-15(9)12-6-5-10(13)8-11(12)14;1-7-5-10(12)4-3-9(6-11)8(7)2/h5-6,8H,1-4,7H2;3-7,12H,1-2H3. The molecule has 0 spiro atoms. The number of hydrogen-bond donors (Lipinski definition) is 1. The molecule has 1 aromatic rings. The molecule has 0 bridgehead atoms. The van der Waals surface area contributed by atoms with E-state index < -0.39 is 0 Å². The summed E-state index contributed by atoms with van der Waals surface area (Å²) in [5.74, 6) is 0.346. The van der Waals surface area contributed by atoms with Crippen molar-refractivity contribution in [2.24, 2.45) is 5.92 Å². The number of nitrogens with zero attached hydrogens (tertiary/aromatic N) is 1. The Morgan fingerprint density at radius 2 is 2.07 bits per heavy atom. The van der Waals surface area contributed by atoms with E-state index in [9.17, 15) is 9.90 Å². The molecule has 1 unspecified atom stereocenters. The number of piperidine rings is 1. The molecule has 1 saturated heterocycles. The number of aliphatic hydroxyl groups is 1. The van der Waals surface area contributed by atoms with Crippen molar-refractivity contribution < 1.29 is 9.90 Å². The maximum atomic E-state index is 10.6. The Morgan fingerprint density at radius 3 is 2.70 bits per heavy atom. The maximum Gasteiger partial charge on any atom is 0.150 e. The van der Waals surface area contributed by atoms with Gasteiger partial charge >= 0.3 is 0 Å². The zero-order chi connectivity index (χ0) is 20.0. The summed E-state index contributed by atoms with van der Waals surface area (Å²) < 4.78 is 1.01. The summed E-state index contributed by atoms with van der Waals surface area (Å²) in [6.45, 7) is 8.96. The number of anilines is 1. The number of carbonyl (C=O) groups excluding carboxylic acids is 1. The van der Waals surface area contributed by atoms with Gasteiger partial charge in [0.25, 0.3) is 0 Å². The number of carbonyl (C=O) groups is 1. The fourth-order valence-electron chi connectivity index (χ4n) is 3.02. The molecule has 27 heavy (non-hydrogen) atoms. The van der Waals surface area contributed by atoms with Crippen molar-refractivity contribution in [2.45, 2.75) is 33.1 Å². The monoisotopic (exact) mass is 449 g/mol. The molecular formula is C22H25BrClNO2. The second kappa shape index (κ2) is 9.95. The first-order valence-corrected chi connectivity index (χ1v) is 10.2. The normalized spacial score (nSPS) is 19.9. The molecule has 0 amide bonds. The van der Waals surface area contributed by atoms with Crippen LogP contribution in [0.3, 0.4) is 0 Å².